The van der Waals surface area contributed by atoms with Crippen LogP contribution in [0.15, 0.2) is 22.8 Å². The fourth-order valence-corrected chi connectivity index (χ4v) is 1.70. The van der Waals surface area contributed by atoms with Crippen molar-refractivity contribution in [2.75, 3.05) is 0 Å². The molecule has 4 heteroatoms. The first-order valence-corrected chi connectivity index (χ1v) is 5.68. The van der Waals surface area contributed by atoms with Gasteiger partial charge in [0.2, 0.25) is 5.91 Å². The quantitative estimate of drug-likeness (QED) is 0.797. The number of carbonyl (C=O) groups is 1. The van der Waals surface area contributed by atoms with Gasteiger partial charge < -0.3 is 14.8 Å². The number of rotatable bonds is 5. The summed E-state index contributed by atoms with van der Waals surface area (Å²) in [5.74, 6) is 0.870. The van der Waals surface area contributed by atoms with Gasteiger partial charge in [-0.3, -0.25) is 4.79 Å². The van der Waals surface area contributed by atoms with Gasteiger partial charge in [-0.25, -0.2) is 0 Å². The van der Waals surface area contributed by atoms with E-state index in [0.717, 1.165) is 12.8 Å². The van der Waals surface area contributed by atoms with E-state index < -0.39 is 6.10 Å². The zero-order valence-corrected chi connectivity index (χ0v) is 9.35. The van der Waals surface area contributed by atoms with Gasteiger partial charge in [-0.1, -0.05) is 0 Å². The van der Waals surface area contributed by atoms with Crippen LogP contribution in [0.1, 0.15) is 38.1 Å². The van der Waals surface area contributed by atoms with Gasteiger partial charge in [-0.15, -0.1) is 0 Å². The van der Waals surface area contributed by atoms with Crippen LogP contribution in [0.4, 0.5) is 0 Å². The van der Waals surface area contributed by atoms with Crippen LogP contribution < -0.4 is 5.32 Å². The lowest BCUT2D eigenvalue weighted by Crippen LogP contribution is -2.34. The molecular weight excluding hydrogens is 206 g/mol. The molecule has 1 aromatic heterocycles. The van der Waals surface area contributed by atoms with Gasteiger partial charge in [-0.05, 0) is 31.9 Å². The molecule has 2 N–H and O–H groups in total. The number of hydrogen-bond acceptors (Lipinski definition) is 3. The van der Waals surface area contributed by atoms with Gasteiger partial charge in [0.25, 0.3) is 0 Å². The highest BCUT2D eigenvalue weighted by atomic mass is 16.4. The van der Waals surface area contributed by atoms with Crippen molar-refractivity contribution in [3.8, 4) is 0 Å². The topological polar surface area (TPSA) is 62.5 Å². The summed E-state index contributed by atoms with van der Waals surface area (Å²) in [6.07, 6.45) is 3.36. The molecule has 0 aliphatic heterocycles. The third-order valence-electron chi connectivity index (χ3n) is 2.79. The zero-order valence-electron chi connectivity index (χ0n) is 9.35. The third-order valence-corrected chi connectivity index (χ3v) is 2.79. The van der Waals surface area contributed by atoms with Crippen molar-refractivity contribution in [1.29, 1.82) is 0 Å². The molecule has 2 unspecified atom stereocenters. The average Bonchev–Trinajstić information content (AvgIpc) is 2.93. The second kappa shape index (κ2) is 4.70. The summed E-state index contributed by atoms with van der Waals surface area (Å²) in [4.78, 5) is 11.5. The number of aliphatic hydroxyl groups excluding tert-OH is 1. The molecule has 2 atom stereocenters. The van der Waals surface area contributed by atoms with E-state index in [1.165, 1.54) is 6.26 Å². The van der Waals surface area contributed by atoms with E-state index in [2.05, 4.69) is 5.32 Å². The number of furan rings is 1. The highest BCUT2D eigenvalue weighted by Crippen LogP contribution is 2.29. The van der Waals surface area contributed by atoms with Crippen LogP contribution in [-0.2, 0) is 4.79 Å². The van der Waals surface area contributed by atoms with E-state index in [9.17, 15) is 9.90 Å². The second-order valence-electron chi connectivity index (χ2n) is 4.45. The molecule has 0 radical (unpaired) electrons. The van der Waals surface area contributed by atoms with E-state index in [1.54, 1.807) is 12.1 Å². The van der Waals surface area contributed by atoms with Crippen molar-refractivity contribution in [2.45, 2.75) is 38.3 Å². The van der Waals surface area contributed by atoms with Crippen molar-refractivity contribution >= 4 is 5.91 Å². The monoisotopic (exact) mass is 223 g/mol. The Morgan fingerprint density at radius 1 is 1.69 bits per heavy atom. The van der Waals surface area contributed by atoms with E-state index in [4.69, 9.17) is 4.42 Å². The lowest BCUT2D eigenvalue weighted by Gasteiger charge is -2.16. The number of hydrogen-bond donors (Lipinski definition) is 2. The first-order valence-electron chi connectivity index (χ1n) is 5.68. The predicted molar refractivity (Wildman–Crippen MR) is 58.6 cm³/mol. The minimum absolute atomic E-state index is 0.0341. The van der Waals surface area contributed by atoms with Crippen molar-refractivity contribution in [3.63, 3.8) is 0 Å². The molecule has 2 rings (SSSR count). The Bertz CT molecular complexity index is 343. The second-order valence-corrected chi connectivity index (χ2v) is 4.45. The Balaban J connectivity index is 1.77. The van der Waals surface area contributed by atoms with Crippen molar-refractivity contribution < 1.29 is 14.3 Å². The first kappa shape index (κ1) is 11.2. The Kier molecular flexibility index (Phi) is 3.29. The summed E-state index contributed by atoms with van der Waals surface area (Å²) >= 11 is 0. The van der Waals surface area contributed by atoms with Gasteiger partial charge >= 0.3 is 0 Å². The zero-order chi connectivity index (χ0) is 11.5. The van der Waals surface area contributed by atoms with Gasteiger partial charge in [0, 0.05) is 18.4 Å². The van der Waals surface area contributed by atoms with E-state index in [-0.39, 0.29) is 17.9 Å². The third kappa shape index (κ3) is 2.85. The van der Waals surface area contributed by atoms with Gasteiger partial charge in [0.05, 0.1) is 6.26 Å². The van der Waals surface area contributed by atoms with Gasteiger partial charge in [0.15, 0.2) is 0 Å². The van der Waals surface area contributed by atoms with E-state index in [1.807, 2.05) is 6.92 Å². The fraction of sp³-hybridized carbons (Fsp3) is 0.583. The SMILES string of the molecule is CC(CC(O)c1ccco1)NC(=O)C1CC1. The average molecular weight is 223 g/mol. The van der Waals surface area contributed by atoms with Crippen LogP contribution in [0.2, 0.25) is 0 Å². The maximum absolute atomic E-state index is 11.5. The summed E-state index contributed by atoms with van der Waals surface area (Å²) in [6, 6.07) is 3.44. The smallest absolute Gasteiger partial charge is 0.223 e. The molecule has 1 aliphatic carbocycles. The molecule has 1 aliphatic rings. The highest BCUT2D eigenvalue weighted by Gasteiger charge is 2.30. The first-order chi connectivity index (χ1) is 7.66. The molecule has 4 nitrogen and oxygen atoms in total. The Morgan fingerprint density at radius 3 is 3.00 bits per heavy atom. The van der Waals surface area contributed by atoms with E-state index in [0.29, 0.717) is 12.2 Å². The maximum atomic E-state index is 11.5. The Morgan fingerprint density at radius 2 is 2.44 bits per heavy atom. The van der Waals surface area contributed by atoms with Crippen LogP contribution in [0.25, 0.3) is 0 Å². The van der Waals surface area contributed by atoms with Crippen molar-refractivity contribution in [2.24, 2.45) is 5.92 Å². The Labute approximate surface area is 94.6 Å². The number of aliphatic hydroxyl groups is 1. The lowest BCUT2D eigenvalue weighted by molar-refractivity contribution is -0.123. The summed E-state index contributed by atoms with van der Waals surface area (Å²) in [5.41, 5.74) is 0. The fourth-order valence-electron chi connectivity index (χ4n) is 1.70. The van der Waals surface area contributed by atoms with Crippen LogP contribution >= 0.6 is 0 Å². The Hall–Kier alpha value is -1.29. The summed E-state index contributed by atoms with van der Waals surface area (Å²) in [7, 11) is 0. The van der Waals surface area contributed by atoms with Crippen LogP contribution in [0.3, 0.4) is 0 Å². The molecule has 88 valence electrons. The lowest BCUT2D eigenvalue weighted by atomic mass is 10.1. The molecule has 1 heterocycles. The van der Waals surface area contributed by atoms with Crippen molar-refractivity contribution in [1.82, 2.24) is 5.32 Å². The molecule has 0 aromatic carbocycles. The molecule has 0 saturated heterocycles. The minimum Gasteiger partial charge on any atom is -0.467 e. The van der Waals surface area contributed by atoms with Crippen molar-refractivity contribution in [3.05, 3.63) is 24.2 Å². The molecule has 1 saturated carbocycles. The van der Waals surface area contributed by atoms with Crippen LogP contribution in [-0.4, -0.2) is 17.1 Å². The number of carbonyl (C=O) groups excluding carboxylic acids is 1. The minimum atomic E-state index is -0.649. The summed E-state index contributed by atoms with van der Waals surface area (Å²) in [5, 5.41) is 12.7. The van der Waals surface area contributed by atoms with Gasteiger partial charge in [0.1, 0.15) is 11.9 Å². The summed E-state index contributed by atoms with van der Waals surface area (Å²) in [6.45, 7) is 1.90. The molecule has 1 amide bonds. The molecule has 1 fully saturated rings. The van der Waals surface area contributed by atoms with E-state index >= 15 is 0 Å². The van der Waals surface area contributed by atoms with Crippen LogP contribution in [0.5, 0.6) is 0 Å². The molecular formula is C12H17NO3. The number of nitrogens with one attached hydrogen (secondary N) is 1. The summed E-state index contributed by atoms with van der Waals surface area (Å²) < 4.78 is 5.10. The van der Waals surface area contributed by atoms with Crippen LogP contribution in [0, 0.1) is 5.92 Å². The molecule has 0 bridgehead atoms. The standard InChI is InChI=1S/C12H17NO3/c1-8(13-12(15)9-4-5-9)7-10(14)11-3-2-6-16-11/h2-3,6,8-10,14H,4-5,7H2,1H3,(H,13,15). The normalized spacial score (nSPS) is 19.1. The highest BCUT2D eigenvalue weighted by molar-refractivity contribution is 5.81. The maximum Gasteiger partial charge on any atom is 0.223 e. The molecule has 16 heavy (non-hydrogen) atoms. The van der Waals surface area contributed by atoms with Gasteiger partial charge in [-0.2, -0.15) is 0 Å². The predicted octanol–water partition coefficient (Wildman–Crippen LogP) is 1.62. The molecule has 0 spiro atoms. The number of amides is 1. The largest absolute Gasteiger partial charge is 0.467 e. The molecule has 1 aromatic rings.